The van der Waals surface area contributed by atoms with Gasteiger partial charge in [0, 0.05) is 53.8 Å². The van der Waals surface area contributed by atoms with Crippen LogP contribution in [0.3, 0.4) is 0 Å². The van der Waals surface area contributed by atoms with Crippen LogP contribution in [-0.4, -0.2) is 33.0 Å². The third kappa shape index (κ3) is 6.24. The summed E-state index contributed by atoms with van der Waals surface area (Å²) >= 11 is 0. The van der Waals surface area contributed by atoms with Crippen molar-refractivity contribution in [3.8, 4) is 22.8 Å². The molecule has 0 bridgehead atoms. The summed E-state index contributed by atoms with van der Waals surface area (Å²) in [6.45, 7) is 5.46. The number of aromatic carboxylic acids is 1. The molecule has 1 aliphatic rings. The molecule has 4 rings (SSSR count). The third-order valence-corrected chi connectivity index (χ3v) is 7.02. The second-order valence-electron chi connectivity index (χ2n) is 10.3. The number of pyridine rings is 2. The molecule has 7 nitrogen and oxygen atoms in total. The van der Waals surface area contributed by atoms with Gasteiger partial charge in [-0.2, -0.15) is 13.2 Å². The Labute approximate surface area is 228 Å². The average Bonchev–Trinajstić information content (AvgIpc) is 2.90. The lowest BCUT2D eigenvalue weighted by Crippen LogP contribution is -2.43. The van der Waals surface area contributed by atoms with Gasteiger partial charge in [-0.3, -0.25) is 9.78 Å². The minimum Gasteiger partial charge on any atom is -0.478 e. The molecule has 3 aromatic rings. The molecule has 212 valence electrons. The zero-order chi connectivity index (χ0) is 29.2. The van der Waals surface area contributed by atoms with Gasteiger partial charge in [0.1, 0.15) is 5.56 Å². The Hall–Kier alpha value is -4.02. The Morgan fingerprint density at radius 2 is 1.77 bits per heavy atom. The van der Waals surface area contributed by atoms with Crippen molar-refractivity contribution in [2.75, 3.05) is 4.90 Å². The molecule has 0 atom stereocenters. The largest absolute Gasteiger partial charge is 0.478 e. The van der Waals surface area contributed by atoms with Crippen molar-refractivity contribution in [2.24, 2.45) is 11.8 Å². The van der Waals surface area contributed by atoms with E-state index in [4.69, 9.17) is 4.74 Å². The Bertz CT molecular complexity index is 1390. The summed E-state index contributed by atoms with van der Waals surface area (Å²) in [5.74, 6) is -4.52. The first kappa shape index (κ1) is 29.0. The van der Waals surface area contributed by atoms with E-state index in [9.17, 15) is 27.9 Å². The van der Waals surface area contributed by atoms with Crippen molar-refractivity contribution in [2.45, 2.75) is 58.7 Å². The minimum absolute atomic E-state index is 0.109. The number of carbonyl (C=O) groups is 2. The van der Waals surface area contributed by atoms with Crippen LogP contribution in [0.15, 0.2) is 48.9 Å². The quantitative estimate of drug-likeness (QED) is 0.304. The first-order valence-electron chi connectivity index (χ1n) is 12.9. The maximum Gasteiger partial charge on any atom is 0.421 e. The molecule has 0 unspecified atom stereocenters. The summed E-state index contributed by atoms with van der Waals surface area (Å²) in [4.78, 5) is 34.6. The summed E-state index contributed by atoms with van der Waals surface area (Å²) in [6.07, 6.45) is 2.01. The van der Waals surface area contributed by atoms with E-state index in [1.54, 1.807) is 26.0 Å². The summed E-state index contributed by atoms with van der Waals surface area (Å²) < 4.78 is 62.4. The number of aromatic nitrogens is 2. The molecule has 0 spiro atoms. The summed E-state index contributed by atoms with van der Waals surface area (Å²) in [5, 5.41) is 9.93. The van der Waals surface area contributed by atoms with Crippen molar-refractivity contribution >= 4 is 17.6 Å². The van der Waals surface area contributed by atoms with Gasteiger partial charge < -0.3 is 14.7 Å². The first-order valence-corrected chi connectivity index (χ1v) is 12.9. The van der Waals surface area contributed by atoms with E-state index >= 15 is 4.39 Å². The zero-order valence-corrected chi connectivity index (χ0v) is 22.2. The number of carbonyl (C=O) groups excluding carboxylic acids is 1. The minimum atomic E-state index is -4.91. The molecule has 1 fully saturated rings. The lowest BCUT2D eigenvalue weighted by molar-refractivity contribution is -0.138. The average molecular weight is 560 g/mol. The van der Waals surface area contributed by atoms with Crippen LogP contribution in [0.5, 0.6) is 11.6 Å². The van der Waals surface area contributed by atoms with Crippen LogP contribution in [-0.2, 0) is 11.0 Å². The molecule has 0 radical (unpaired) electrons. The van der Waals surface area contributed by atoms with Crippen molar-refractivity contribution in [1.82, 2.24) is 9.97 Å². The van der Waals surface area contributed by atoms with Gasteiger partial charge >= 0.3 is 12.1 Å². The number of amides is 1. The van der Waals surface area contributed by atoms with E-state index in [2.05, 4.69) is 16.9 Å². The van der Waals surface area contributed by atoms with Gasteiger partial charge in [0.15, 0.2) is 11.6 Å². The monoisotopic (exact) mass is 559 g/mol. The van der Waals surface area contributed by atoms with Gasteiger partial charge in [0.25, 0.3) is 0 Å². The maximum absolute atomic E-state index is 15.4. The molecular weight excluding hydrogens is 530 g/mol. The molecule has 1 N–H and O–H groups in total. The van der Waals surface area contributed by atoms with Gasteiger partial charge in [0.05, 0.1) is 11.3 Å². The fourth-order valence-corrected chi connectivity index (χ4v) is 4.88. The lowest BCUT2D eigenvalue weighted by atomic mass is 9.82. The second kappa shape index (κ2) is 11.6. The van der Waals surface area contributed by atoms with E-state index in [1.807, 2.05) is 0 Å². The van der Waals surface area contributed by atoms with Gasteiger partial charge in [-0.1, -0.05) is 13.0 Å². The Morgan fingerprint density at radius 1 is 1.07 bits per heavy atom. The van der Waals surface area contributed by atoms with Gasteiger partial charge in [-0.05, 0) is 57.6 Å². The fraction of sp³-hybridized carbons (Fsp3) is 0.379. The van der Waals surface area contributed by atoms with Crippen LogP contribution in [0, 0.1) is 17.7 Å². The van der Waals surface area contributed by atoms with E-state index in [1.165, 1.54) is 17.3 Å². The van der Waals surface area contributed by atoms with E-state index in [0.29, 0.717) is 24.3 Å². The number of anilines is 1. The Morgan fingerprint density at radius 3 is 2.35 bits per heavy atom. The highest BCUT2D eigenvalue weighted by molar-refractivity contribution is 6.03. The van der Waals surface area contributed by atoms with Crippen LogP contribution in [0.25, 0.3) is 11.1 Å². The van der Waals surface area contributed by atoms with Crippen molar-refractivity contribution in [1.29, 1.82) is 0 Å². The van der Waals surface area contributed by atoms with E-state index in [-0.39, 0.29) is 23.1 Å². The highest BCUT2D eigenvalue weighted by Gasteiger charge is 2.37. The molecule has 1 saturated carbocycles. The number of rotatable bonds is 7. The van der Waals surface area contributed by atoms with E-state index < -0.39 is 46.8 Å². The third-order valence-electron chi connectivity index (χ3n) is 7.02. The number of ether oxygens (including phenoxy) is 1. The van der Waals surface area contributed by atoms with Crippen LogP contribution in [0.4, 0.5) is 23.2 Å². The summed E-state index contributed by atoms with van der Waals surface area (Å²) in [6, 6.07) is 5.01. The van der Waals surface area contributed by atoms with Gasteiger partial charge in [0.2, 0.25) is 11.8 Å². The standard InChI is InChI=1S/C29H29F4N3O4/c1-16(2)36(27(37)18-8-6-17(3)7-9-18)24-13-23(30)25(12-21(24)28(38)39)40-26-22(29(31,32)33)11-20(15-35-26)19-5-4-10-34-14-19/h4-5,10-18H,6-9H2,1-3H3,(H,38,39)/t17-,18-. The highest BCUT2D eigenvalue weighted by Crippen LogP contribution is 2.41. The van der Waals surface area contributed by atoms with Crippen molar-refractivity contribution < 1.29 is 37.0 Å². The second-order valence-corrected chi connectivity index (χ2v) is 10.3. The molecule has 2 aromatic heterocycles. The van der Waals surface area contributed by atoms with Gasteiger partial charge in [-0.15, -0.1) is 0 Å². The zero-order valence-electron chi connectivity index (χ0n) is 22.2. The number of alkyl halides is 3. The summed E-state index contributed by atoms with van der Waals surface area (Å²) in [5.41, 5.74) is -1.46. The fourth-order valence-electron chi connectivity index (χ4n) is 4.88. The maximum atomic E-state index is 15.4. The molecule has 40 heavy (non-hydrogen) atoms. The van der Waals surface area contributed by atoms with Gasteiger partial charge in [-0.25, -0.2) is 14.2 Å². The van der Waals surface area contributed by atoms with Crippen molar-refractivity contribution in [3.63, 3.8) is 0 Å². The number of carboxylic acid groups (broad SMARTS) is 1. The molecule has 2 heterocycles. The molecule has 1 aromatic carbocycles. The molecule has 1 aliphatic carbocycles. The normalized spacial score (nSPS) is 17.5. The smallest absolute Gasteiger partial charge is 0.421 e. The van der Waals surface area contributed by atoms with E-state index in [0.717, 1.165) is 37.2 Å². The number of hydrogen-bond acceptors (Lipinski definition) is 5. The Balaban J connectivity index is 1.73. The number of nitrogens with zero attached hydrogens (tertiary/aromatic N) is 3. The number of benzene rings is 1. The topological polar surface area (TPSA) is 92.6 Å². The van der Waals surface area contributed by atoms with Crippen LogP contribution in [0.1, 0.15) is 62.4 Å². The van der Waals surface area contributed by atoms with Crippen LogP contribution >= 0.6 is 0 Å². The SMILES string of the molecule is CC(C)N(c1cc(F)c(Oc2ncc(-c3cccnc3)cc2C(F)(F)F)cc1C(=O)O)C(=O)[C@H]1CC[C@H](C)CC1. The van der Waals surface area contributed by atoms with Crippen LogP contribution in [0.2, 0.25) is 0 Å². The number of halogens is 4. The molecule has 0 saturated heterocycles. The predicted molar refractivity (Wildman–Crippen MR) is 140 cm³/mol. The predicted octanol–water partition coefficient (Wildman–Crippen LogP) is 7.36. The molecular formula is C29H29F4N3O4. The molecule has 11 heteroatoms. The molecule has 0 aliphatic heterocycles. The number of hydrogen-bond donors (Lipinski definition) is 1. The summed E-state index contributed by atoms with van der Waals surface area (Å²) in [7, 11) is 0. The molecule has 1 amide bonds. The highest BCUT2D eigenvalue weighted by atomic mass is 19.4. The lowest BCUT2D eigenvalue weighted by Gasteiger charge is -2.34. The number of carboxylic acids is 1. The van der Waals surface area contributed by atoms with Crippen LogP contribution < -0.4 is 9.64 Å². The Kier molecular flexibility index (Phi) is 8.41. The first-order chi connectivity index (χ1) is 18.9. The van der Waals surface area contributed by atoms with Crippen molar-refractivity contribution in [3.05, 3.63) is 65.9 Å².